The molecule has 0 saturated heterocycles. The Morgan fingerprint density at radius 2 is 2.00 bits per heavy atom. The molecule has 1 aromatic heterocycles. The summed E-state index contributed by atoms with van der Waals surface area (Å²) < 4.78 is 24.7. The van der Waals surface area contributed by atoms with E-state index in [1.807, 2.05) is 0 Å². The van der Waals surface area contributed by atoms with E-state index in [1.165, 1.54) is 6.07 Å². The maximum atomic E-state index is 12.2. The number of hydrogen-bond donors (Lipinski definition) is 0. The second kappa shape index (κ2) is 2.44. The van der Waals surface area contributed by atoms with Crippen LogP contribution < -0.4 is 4.35 Å². The van der Waals surface area contributed by atoms with E-state index in [1.54, 1.807) is 0 Å². The van der Waals surface area contributed by atoms with Gasteiger partial charge in [-0.25, -0.2) is 0 Å². The molecule has 0 aliphatic carbocycles. The fourth-order valence-corrected chi connectivity index (χ4v) is 0.760. The normalized spacial score (nSPS) is 9.67. The van der Waals surface area contributed by atoms with Crippen LogP contribution in [0.3, 0.4) is 0 Å². The first-order valence-electron chi connectivity index (χ1n) is 2.27. The van der Waals surface area contributed by atoms with Gasteiger partial charge in [-0.2, -0.15) is 0 Å². The number of nitrogens with zero attached hydrogens (tertiary/aromatic N) is 1. The summed E-state index contributed by atoms with van der Waals surface area (Å²) in [6.07, 6.45) is 0. The standard InChI is InChI=1S/C5H4AsF2N/c6-3-1-2-4(7)9-5(3)8/h1-2H,6H2. The second-order valence-corrected chi connectivity index (χ2v) is 2.82. The second-order valence-electron chi connectivity index (χ2n) is 1.51. The summed E-state index contributed by atoms with van der Waals surface area (Å²) in [7, 11) is 0. The van der Waals surface area contributed by atoms with Crippen molar-refractivity contribution in [1.29, 1.82) is 0 Å². The molecule has 1 heterocycles. The van der Waals surface area contributed by atoms with Crippen molar-refractivity contribution >= 4 is 21.2 Å². The molecule has 1 atom stereocenters. The molecule has 0 spiro atoms. The molecule has 0 N–H and O–H groups in total. The van der Waals surface area contributed by atoms with Gasteiger partial charge in [0.05, 0.1) is 0 Å². The molecule has 9 heavy (non-hydrogen) atoms. The Labute approximate surface area is 59.6 Å². The minimum absolute atomic E-state index is 0.420. The molecule has 0 aromatic carbocycles. The number of hydrogen-bond acceptors (Lipinski definition) is 1. The Morgan fingerprint density at radius 1 is 1.33 bits per heavy atom. The van der Waals surface area contributed by atoms with Gasteiger partial charge in [0.2, 0.25) is 0 Å². The Bertz CT molecular complexity index is 226. The Morgan fingerprint density at radius 3 is 2.44 bits per heavy atom. The molecule has 1 rings (SSSR count). The van der Waals surface area contributed by atoms with Crippen molar-refractivity contribution in [2.45, 2.75) is 0 Å². The first-order chi connectivity index (χ1) is 4.20. The summed E-state index contributed by atoms with van der Waals surface area (Å²) in [5, 5.41) is 0. The van der Waals surface area contributed by atoms with E-state index in [-0.39, 0.29) is 0 Å². The van der Waals surface area contributed by atoms with Gasteiger partial charge in [0.15, 0.2) is 0 Å². The summed E-state index contributed by atoms with van der Waals surface area (Å²) >= 11 is 1.10. The van der Waals surface area contributed by atoms with Crippen molar-refractivity contribution in [3.05, 3.63) is 24.0 Å². The molecule has 0 saturated carbocycles. The molecule has 4 heteroatoms. The van der Waals surface area contributed by atoms with Crippen LogP contribution >= 0.6 is 0 Å². The van der Waals surface area contributed by atoms with E-state index in [2.05, 4.69) is 4.98 Å². The predicted octanol–water partition coefficient (Wildman–Crippen LogP) is -0.382. The number of rotatable bonds is 0. The molecule has 0 fully saturated rings. The zero-order valence-corrected chi connectivity index (χ0v) is 6.86. The molecular formula is C5H4AsF2N. The summed E-state index contributed by atoms with van der Waals surface area (Å²) in [4.78, 5) is 2.96. The quantitative estimate of drug-likeness (QED) is 0.402. The fourth-order valence-electron chi connectivity index (χ4n) is 0.423. The Kier molecular flexibility index (Phi) is 1.81. The zero-order valence-electron chi connectivity index (χ0n) is 4.44. The van der Waals surface area contributed by atoms with Gasteiger partial charge >= 0.3 is 59.0 Å². The van der Waals surface area contributed by atoms with Crippen LogP contribution in [-0.2, 0) is 0 Å². The molecule has 0 radical (unpaired) electrons. The van der Waals surface area contributed by atoms with Crippen LogP contribution in [0, 0.1) is 11.9 Å². The summed E-state index contributed by atoms with van der Waals surface area (Å²) in [6.45, 7) is 0. The van der Waals surface area contributed by atoms with Crippen LogP contribution in [0.1, 0.15) is 0 Å². The number of pyridine rings is 1. The zero-order chi connectivity index (χ0) is 6.85. The van der Waals surface area contributed by atoms with E-state index in [0.717, 1.165) is 22.9 Å². The summed E-state index contributed by atoms with van der Waals surface area (Å²) in [5.74, 6) is -1.48. The predicted molar refractivity (Wildman–Crippen MR) is 32.3 cm³/mol. The summed E-state index contributed by atoms with van der Waals surface area (Å²) in [5.41, 5.74) is 0. The van der Waals surface area contributed by atoms with Gasteiger partial charge in [0.1, 0.15) is 0 Å². The molecule has 1 unspecified atom stereocenters. The monoisotopic (exact) mass is 191 g/mol. The van der Waals surface area contributed by atoms with E-state index in [9.17, 15) is 8.78 Å². The van der Waals surface area contributed by atoms with Crippen molar-refractivity contribution in [3.8, 4) is 0 Å². The van der Waals surface area contributed by atoms with Gasteiger partial charge in [-0.1, -0.05) is 0 Å². The molecule has 0 aliphatic rings. The van der Waals surface area contributed by atoms with E-state index in [0.29, 0.717) is 4.35 Å². The number of halogens is 2. The molecule has 48 valence electrons. The third-order valence-corrected chi connectivity index (χ3v) is 1.75. The topological polar surface area (TPSA) is 12.9 Å². The molecule has 1 aromatic rings. The van der Waals surface area contributed by atoms with E-state index in [4.69, 9.17) is 0 Å². The van der Waals surface area contributed by atoms with Crippen LogP contribution in [0.2, 0.25) is 0 Å². The van der Waals surface area contributed by atoms with Gasteiger partial charge in [-0.3, -0.25) is 0 Å². The molecule has 1 nitrogen and oxygen atoms in total. The maximum absolute atomic E-state index is 12.2. The third kappa shape index (κ3) is 1.49. The molecule has 0 amide bonds. The van der Waals surface area contributed by atoms with Crippen LogP contribution in [-0.4, -0.2) is 21.8 Å². The molecular weight excluding hydrogens is 187 g/mol. The van der Waals surface area contributed by atoms with E-state index >= 15 is 0 Å². The van der Waals surface area contributed by atoms with Crippen LogP contribution in [0.25, 0.3) is 0 Å². The Balaban J connectivity index is 3.17. The fraction of sp³-hybridized carbons (Fsp3) is 0. The Hall–Kier alpha value is -0.432. The van der Waals surface area contributed by atoms with Gasteiger partial charge in [0, 0.05) is 0 Å². The SMILES string of the molecule is Fc1ccc([AsH2])c(F)n1. The van der Waals surface area contributed by atoms with Crippen molar-refractivity contribution in [1.82, 2.24) is 4.98 Å². The molecule has 0 aliphatic heterocycles. The third-order valence-electron chi connectivity index (χ3n) is 0.844. The van der Waals surface area contributed by atoms with Crippen molar-refractivity contribution < 1.29 is 8.78 Å². The van der Waals surface area contributed by atoms with Gasteiger partial charge < -0.3 is 0 Å². The van der Waals surface area contributed by atoms with Crippen molar-refractivity contribution in [2.24, 2.45) is 0 Å². The number of aromatic nitrogens is 1. The van der Waals surface area contributed by atoms with Gasteiger partial charge in [-0.05, 0) is 0 Å². The van der Waals surface area contributed by atoms with Gasteiger partial charge in [0.25, 0.3) is 0 Å². The average Bonchev–Trinajstić information content (AvgIpc) is 1.80. The molecule has 0 bridgehead atoms. The van der Waals surface area contributed by atoms with Crippen LogP contribution in [0.15, 0.2) is 12.1 Å². The summed E-state index contributed by atoms with van der Waals surface area (Å²) in [6, 6.07) is 2.51. The minimum atomic E-state index is -0.770. The first kappa shape index (κ1) is 6.69. The average molecular weight is 191 g/mol. The van der Waals surface area contributed by atoms with Crippen LogP contribution in [0.4, 0.5) is 8.78 Å². The van der Waals surface area contributed by atoms with E-state index < -0.39 is 11.9 Å². The van der Waals surface area contributed by atoms with Crippen molar-refractivity contribution in [2.75, 3.05) is 0 Å². The van der Waals surface area contributed by atoms with Gasteiger partial charge in [-0.15, -0.1) is 0 Å². The van der Waals surface area contributed by atoms with Crippen molar-refractivity contribution in [3.63, 3.8) is 0 Å². The van der Waals surface area contributed by atoms with Crippen LogP contribution in [0.5, 0.6) is 0 Å². The first-order valence-corrected chi connectivity index (χ1v) is 3.49.